The lowest BCUT2D eigenvalue weighted by atomic mass is 10.2. The summed E-state index contributed by atoms with van der Waals surface area (Å²) in [5, 5.41) is 2.83. The van der Waals surface area contributed by atoms with Crippen LogP contribution in [-0.4, -0.2) is 29.8 Å². The van der Waals surface area contributed by atoms with E-state index in [4.69, 9.17) is 17.3 Å². The van der Waals surface area contributed by atoms with Crippen molar-refractivity contribution in [3.63, 3.8) is 0 Å². The van der Waals surface area contributed by atoms with E-state index in [1.165, 1.54) is 6.07 Å². The molecule has 0 spiro atoms. The van der Waals surface area contributed by atoms with E-state index in [0.29, 0.717) is 29.5 Å². The van der Waals surface area contributed by atoms with Gasteiger partial charge in [0.25, 0.3) is 0 Å². The van der Waals surface area contributed by atoms with Crippen molar-refractivity contribution in [1.29, 1.82) is 0 Å². The van der Waals surface area contributed by atoms with Crippen LogP contribution in [0.4, 0.5) is 11.4 Å². The number of halogens is 1. The Bertz CT molecular complexity index is 485. The van der Waals surface area contributed by atoms with Gasteiger partial charge in [0.15, 0.2) is 0 Å². The first-order valence-electron chi connectivity index (χ1n) is 6.64. The first-order valence-corrected chi connectivity index (χ1v) is 7.02. The van der Waals surface area contributed by atoms with E-state index < -0.39 is 11.8 Å². The standard InChI is InChI=1S/C14H20ClN3O2/c1-3-7-18(8-4-2)14(20)13(19)17-12-6-5-10(16)9-11(12)15/h5-6,9H,3-4,7-8,16H2,1-2H3,(H,17,19). The van der Waals surface area contributed by atoms with Crippen LogP contribution in [0.15, 0.2) is 18.2 Å². The van der Waals surface area contributed by atoms with Crippen molar-refractivity contribution in [2.45, 2.75) is 26.7 Å². The Labute approximate surface area is 124 Å². The number of nitrogens with two attached hydrogens (primary N) is 1. The minimum absolute atomic E-state index is 0.309. The summed E-state index contributed by atoms with van der Waals surface area (Å²) in [6.07, 6.45) is 1.61. The summed E-state index contributed by atoms with van der Waals surface area (Å²) in [6, 6.07) is 4.71. The van der Waals surface area contributed by atoms with Gasteiger partial charge in [-0.05, 0) is 31.0 Å². The number of hydrogen-bond acceptors (Lipinski definition) is 3. The lowest BCUT2D eigenvalue weighted by Crippen LogP contribution is -2.40. The number of rotatable bonds is 5. The highest BCUT2D eigenvalue weighted by Crippen LogP contribution is 2.24. The summed E-state index contributed by atoms with van der Waals surface area (Å²) >= 11 is 5.96. The number of carbonyl (C=O) groups excluding carboxylic acids is 2. The van der Waals surface area contributed by atoms with E-state index >= 15 is 0 Å². The SMILES string of the molecule is CCCN(CCC)C(=O)C(=O)Nc1ccc(N)cc1Cl. The first-order chi connectivity index (χ1) is 9.49. The molecule has 1 rings (SSSR count). The van der Waals surface area contributed by atoms with Crippen molar-refractivity contribution in [2.24, 2.45) is 0 Å². The second kappa shape index (κ2) is 7.75. The number of anilines is 2. The van der Waals surface area contributed by atoms with Crippen molar-refractivity contribution in [2.75, 3.05) is 24.1 Å². The smallest absolute Gasteiger partial charge is 0.313 e. The third-order valence-electron chi connectivity index (χ3n) is 2.71. The van der Waals surface area contributed by atoms with Crippen LogP contribution in [0.3, 0.4) is 0 Å². The average molecular weight is 298 g/mol. The molecule has 110 valence electrons. The molecule has 0 aromatic heterocycles. The molecule has 5 nitrogen and oxygen atoms in total. The lowest BCUT2D eigenvalue weighted by Gasteiger charge is -2.20. The second-order valence-electron chi connectivity index (χ2n) is 4.49. The zero-order chi connectivity index (χ0) is 15.1. The maximum Gasteiger partial charge on any atom is 0.313 e. The van der Waals surface area contributed by atoms with E-state index in [1.807, 2.05) is 13.8 Å². The van der Waals surface area contributed by atoms with Gasteiger partial charge in [0.05, 0.1) is 10.7 Å². The number of amides is 2. The maximum atomic E-state index is 12.1. The zero-order valence-electron chi connectivity index (χ0n) is 11.8. The molecule has 0 aliphatic carbocycles. The number of carbonyl (C=O) groups is 2. The molecule has 0 aliphatic heterocycles. The summed E-state index contributed by atoms with van der Waals surface area (Å²) in [5.41, 5.74) is 6.45. The van der Waals surface area contributed by atoms with Gasteiger partial charge < -0.3 is 16.0 Å². The summed E-state index contributed by atoms with van der Waals surface area (Å²) in [5.74, 6) is -1.22. The Morgan fingerprint density at radius 2 is 1.85 bits per heavy atom. The van der Waals surface area contributed by atoms with Gasteiger partial charge >= 0.3 is 11.8 Å². The van der Waals surface area contributed by atoms with Crippen molar-refractivity contribution < 1.29 is 9.59 Å². The molecule has 0 fully saturated rings. The van der Waals surface area contributed by atoms with Gasteiger partial charge in [0.1, 0.15) is 0 Å². The molecule has 0 saturated carbocycles. The fourth-order valence-electron chi connectivity index (χ4n) is 1.81. The van der Waals surface area contributed by atoms with Crippen molar-refractivity contribution in [1.82, 2.24) is 4.90 Å². The van der Waals surface area contributed by atoms with E-state index in [1.54, 1.807) is 17.0 Å². The van der Waals surface area contributed by atoms with Crippen LogP contribution in [0, 0.1) is 0 Å². The van der Waals surface area contributed by atoms with Gasteiger partial charge in [-0.3, -0.25) is 9.59 Å². The Balaban J connectivity index is 2.76. The number of nitrogens with one attached hydrogen (secondary N) is 1. The van der Waals surface area contributed by atoms with Crippen LogP contribution in [0.1, 0.15) is 26.7 Å². The normalized spacial score (nSPS) is 10.2. The molecular weight excluding hydrogens is 278 g/mol. The Kier molecular flexibility index (Phi) is 6.31. The molecule has 0 saturated heterocycles. The maximum absolute atomic E-state index is 12.1. The first kappa shape index (κ1) is 16.3. The summed E-state index contributed by atoms with van der Waals surface area (Å²) in [6.45, 7) is 5.06. The third-order valence-corrected chi connectivity index (χ3v) is 3.02. The minimum Gasteiger partial charge on any atom is -0.399 e. The van der Waals surface area contributed by atoms with Gasteiger partial charge in [-0.2, -0.15) is 0 Å². The van der Waals surface area contributed by atoms with Crippen LogP contribution in [0.2, 0.25) is 5.02 Å². The molecule has 1 aromatic carbocycles. The molecule has 6 heteroatoms. The predicted octanol–water partition coefficient (Wildman–Crippen LogP) is 2.51. The van der Waals surface area contributed by atoms with Gasteiger partial charge in [-0.1, -0.05) is 25.4 Å². The highest BCUT2D eigenvalue weighted by molar-refractivity contribution is 6.41. The van der Waals surface area contributed by atoms with Crippen LogP contribution in [-0.2, 0) is 9.59 Å². The number of nitrogens with zero attached hydrogens (tertiary/aromatic N) is 1. The number of hydrogen-bond donors (Lipinski definition) is 2. The lowest BCUT2D eigenvalue weighted by molar-refractivity contribution is -0.143. The van der Waals surface area contributed by atoms with Gasteiger partial charge in [-0.25, -0.2) is 0 Å². The third kappa shape index (κ3) is 4.42. The van der Waals surface area contributed by atoms with E-state index in [9.17, 15) is 9.59 Å². The Morgan fingerprint density at radius 3 is 2.35 bits per heavy atom. The highest BCUT2D eigenvalue weighted by atomic mass is 35.5. The van der Waals surface area contributed by atoms with E-state index in [2.05, 4.69) is 5.32 Å². The largest absolute Gasteiger partial charge is 0.399 e. The second-order valence-corrected chi connectivity index (χ2v) is 4.89. The van der Waals surface area contributed by atoms with Crippen molar-refractivity contribution >= 4 is 34.8 Å². The monoisotopic (exact) mass is 297 g/mol. The topological polar surface area (TPSA) is 75.4 Å². The predicted molar refractivity (Wildman–Crippen MR) is 81.7 cm³/mol. The molecule has 1 aromatic rings. The van der Waals surface area contributed by atoms with Crippen LogP contribution in [0.25, 0.3) is 0 Å². The summed E-state index contributed by atoms with van der Waals surface area (Å²) in [4.78, 5) is 25.5. The quantitative estimate of drug-likeness (QED) is 0.648. The zero-order valence-corrected chi connectivity index (χ0v) is 12.5. The van der Waals surface area contributed by atoms with Crippen molar-refractivity contribution in [3.05, 3.63) is 23.2 Å². The molecule has 0 unspecified atom stereocenters. The molecule has 0 bridgehead atoms. The Morgan fingerprint density at radius 1 is 1.25 bits per heavy atom. The van der Waals surface area contributed by atoms with Crippen molar-refractivity contribution in [3.8, 4) is 0 Å². The average Bonchev–Trinajstić information content (AvgIpc) is 2.40. The molecule has 0 atom stereocenters. The minimum atomic E-state index is -0.682. The van der Waals surface area contributed by atoms with E-state index in [-0.39, 0.29) is 0 Å². The molecule has 2 amide bonds. The van der Waals surface area contributed by atoms with Gasteiger partial charge in [0, 0.05) is 18.8 Å². The van der Waals surface area contributed by atoms with Gasteiger partial charge in [0.2, 0.25) is 0 Å². The fourth-order valence-corrected chi connectivity index (χ4v) is 2.04. The van der Waals surface area contributed by atoms with Crippen LogP contribution >= 0.6 is 11.6 Å². The molecule has 0 aliphatic rings. The van der Waals surface area contributed by atoms with E-state index in [0.717, 1.165) is 12.8 Å². The molecule has 20 heavy (non-hydrogen) atoms. The molecular formula is C14H20ClN3O2. The number of nitrogen functional groups attached to an aromatic ring is 1. The van der Waals surface area contributed by atoms with Gasteiger partial charge in [-0.15, -0.1) is 0 Å². The summed E-state index contributed by atoms with van der Waals surface area (Å²) in [7, 11) is 0. The Hall–Kier alpha value is -1.75. The number of benzene rings is 1. The molecule has 0 radical (unpaired) electrons. The summed E-state index contributed by atoms with van der Waals surface area (Å²) < 4.78 is 0. The fraction of sp³-hybridized carbons (Fsp3) is 0.429. The molecule has 0 heterocycles. The van der Waals surface area contributed by atoms with Crippen LogP contribution < -0.4 is 11.1 Å². The highest BCUT2D eigenvalue weighted by Gasteiger charge is 2.21. The van der Waals surface area contributed by atoms with Crippen LogP contribution in [0.5, 0.6) is 0 Å². The molecule has 3 N–H and O–H groups in total.